The molecule has 5 atom stereocenters. The second-order valence-corrected chi connectivity index (χ2v) is 9.26. The molecule has 2 aliphatic carbocycles. The van der Waals surface area contributed by atoms with Gasteiger partial charge < -0.3 is 30.3 Å². The number of nitrogens with one attached hydrogen (secondary N) is 2. The Hall–Kier alpha value is -1.97. The summed E-state index contributed by atoms with van der Waals surface area (Å²) in [4.78, 5) is 17.5. The zero-order chi connectivity index (χ0) is 20.0. The summed E-state index contributed by atoms with van der Waals surface area (Å²) in [6.45, 7) is 0.209. The van der Waals surface area contributed by atoms with Crippen LogP contribution in [0.3, 0.4) is 0 Å². The number of thioether (sulfide) groups is 1. The number of rotatable bonds is 3. The molecule has 0 radical (unpaired) electrons. The predicted octanol–water partition coefficient (Wildman–Crippen LogP) is 1.47. The maximum absolute atomic E-state index is 12.9. The molecule has 1 aromatic rings. The van der Waals surface area contributed by atoms with Crippen LogP contribution in [-0.2, 0) is 4.79 Å². The minimum Gasteiger partial charge on any atom is -0.454 e. The highest BCUT2D eigenvalue weighted by Crippen LogP contribution is 2.42. The molecular weight excluding hydrogens is 394 g/mol. The highest BCUT2D eigenvalue weighted by atomic mass is 32.2. The maximum atomic E-state index is 12.9. The van der Waals surface area contributed by atoms with Crippen LogP contribution in [0.2, 0.25) is 0 Å². The molecule has 0 aromatic heterocycles. The Morgan fingerprint density at radius 2 is 1.97 bits per heavy atom. The van der Waals surface area contributed by atoms with Gasteiger partial charge in [0.25, 0.3) is 0 Å². The molecular formula is C20H25N3O5S. The van der Waals surface area contributed by atoms with E-state index in [4.69, 9.17) is 9.47 Å². The number of anilines is 1. The number of hydrogen-bond acceptors (Lipinski definition) is 8. The van der Waals surface area contributed by atoms with Crippen LogP contribution < -0.4 is 20.1 Å². The summed E-state index contributed by atoms with van der Waals surface area (Å²) in [5.74, 6) is 0.946. The zero-order valence-corrected chi connectivity index (χ0v) is 16.7. The summed E-state index contributed by atoms with van der Waals surface area (Å²) in [6.07, 6.45) is 2.63. The number of aliphatic imine (C=N–C) groups is 1. The van der Waals surface area contributed by atoms with Crippen molar-refractivity contribution in [2.45, 2.75) is 61.6 Å². The minimum absolute atomic E-state index is 0.0371. The largest absolute Gasteiger partial charge is 0.454 e. The lowest BCUT2D eigenvalue weighted by atomic mass is 9.81. The van der Waals surface area contributed by atoms with Gasteiger partial charge in [-0.2, -0.15) is 0 Å². The first-order chi connectivity index (χ1) is 14.1. The van der Waals surface area contributed by atoms with Crippen molar-refractivity contribution in [2.75, 3.05) is 12.1 Å². The Balaban J connectivity index is 1.30. The third-order valence-corrected chi connectivity index (χ3v) is 7.46. The Kier molecular flexibility index (Phi) is 5.05. The highest BCUT2D eigenvalue weighted by molar-refractivity contribution is 8.15. The van der Waals surface area contributed by atoms with Gasteiger partial charge in [0.2, 0.25) is 12.7 Å². The summed E-state index contributed by atoms with van der Waals surface area (Å²) in [5, 5.41) is 27.6. The average Bonchev–Trinajstić information content (AvgIpc) is 3.45. The number of ether oxygens (including phenoxy) is 2. The third-order valence-electron chi connectivity index (χ3n) is 6.15. The number of fused-ring (bicyclic) bond motifs is 2. The number of aliphatic hydroxyl groups excluding tert-OH is 2. The Morgan fingerprint density at radius 3 is 2.79 bits per heavy atom. The van der Waals surface area contributed by atoms with E-state index in [2.05, 4.69) is 15.6 Å². The number of hydrogen-bond donors (Lipinski definition) is 4. The molecule has 5 rings (SSSR count). The molecule has 8 nitrogen and oxygen atoms in total. The van der Waals surface area contributed by atoms with Crippen molar-refractivity contribution in [3.63, 3.8) is 0 Å². The first kappa shape index (κ1) is 19.0. The van der Waals surface area contributed by atoms with Gasteiger partial charge in [-0.25, -0.2) is 0 Å². The van der Waals surface area contributed by atoms with Crippen LogP contribution in [0.1, 0.15) is 32.1 Å². The number of nitrogens with zero attached hydrogens (tertiary/aromatic N) is 1. The molecule has 156 valence electrons. The van der Waals surface area contributed by atoms with Crippen molar-refractivity contribution in [1.29, 1.82) is 0 Å². The summed E-state index contributed by atoms with van der Waals surface area (Å²) in [7, 11) is 0. The highest BCUT2D eigenvalue weighted by Gasteiger charge is 2.50. The zero-order valence-electron chi connectivity index (χ0n) is 15.9. The van der Waals surface area contributed by atoms with Gasteiger partial charge in [-0.3, -0.25) is 9.79 Å². The van der Waals surface area contributed by atoms with E-state index >= 15 is 0 Å². The van der Waals surface area contributed by atoms with Gasteiger partial charge in [0, 0.05) is 23.0 Å². The molecule has 0 bridgehead atoms. The normalized spacial score (nSPS) is 33.3. The first-order valence-electron chi connectivity index (χ1n) is 10.2. The summed E-state index contributed by atoms with van der Waals surface area (Å²) < 4.78 is 10.7. The molecule has 2 aliphatic heterocycles. The lowest BCUT2D eigenvalue weighted by molar-refractivity contribution is -0.130. The van der Waals surface area contributed by atoms with Crippen LogP contribution in [0.25, 0.3) is 0 Å². The smallest absolute Gasteiger partial charge is 0.231 e. The number of amides is 1. The monoisotopic (exact) mass is 419 g/mol. The number of carbonyl (C=O) groups is 1. The van der Waals surface area contributed by atoms with E-state index in [1.807, 2.05) is 18.2 Å². The summed E-state index contributed by atoms with van der Waals surface area (Å²) in [5.41, 5.74) is 0.793. The van der Waals surface area contributed by atoms with Gasteiger partial charge in [0.1, 0.15) is 6.10 Å². The summed E-state index contributed by atoms with van der Waals surface area (Å²) >= 11 is 1.46. The Labute approximate surface area is 173 Å². The van der Waals surface area contributed by atoms with E-state index in [0.29, 0.717) is 16.7 Å². The molecule has 2 heterocycles. The van der Waals surface area contributed by atoms with Crippen molar-refractivity contribution in [2.24, 2.45) is 10.9 Å². The predicted molar refractivity (Wildman–Crippen MR) is 109 cm³/mol. The van der Waals surface area contributed by atoms with E-state index in [1.54, 1.807) is 0 Å². The van der Waals surface area contributed by atoms with Crippen molar-refractivity contribution in [3.8, 4) is 11.5 Å². The Morgan fingerprint density at radius 1 is 1.17 bits per heavy atom. The molecule has 2 fully saturated rings. The SMILES string of the molecule is O=C(NC1CCCC1)C1CC(O)C(O)C2N=C(Nc3ccc4c(c3)OCO4)SC12. The first-order valence-corrected chi connectivity index (χ1v) is 11.0. The number of carbonyl (C=O) groups excluding carboxylic acids is 1. The molecule has 2 saturated carbocycles. The van der Waals surface area contributed by atoms with Gasteiger partial charge in [-0.15, -0.1) is 0 Å². The molecule has 5 unspecified atom stereocenters. The van der Waals surface area contributed by atoms with Gasteiger partial charge in [0.15, 0.2) is 16.7 Å². The fraction of sp³-hybridized carbons (Fsp3) is 0.600. The van der Waals surface area contributed by atoms with Gasteiger partial charge in [-0.05, 0) is 31.4 Å². The van der Waals surface area contributed by atoms with Crippen molar-refractivity contribution in [1.82, 2.24) is 5.32 Å². The van der Waals surface area contributed by atoms with Crippen LogP contribution in [0.4, 0.5) is 5.69 Å². The minimum atomic E-state index is -0.973. The standard InChI is InChI=1S/C20H25N3O5S/c24-13-8-12(19(26)21-10-3-1-2-4-10)18-16(17(13)25)23-20(29-18)22-11-5-6-14-15(7-11)28-9-27-14/h5-7,10,12-13,16-18,24-25H,1-4,8-9H2,(H,21,26)(H,22,23). The summed E-state index contributed by atoms with van der Waals surface area (Å²) in [6, 6.07) is 5.24. The lowest BCUT2D eigenvalue weighted by Gasteiger charge is -2.37. The molecule has 1 amide bonds. The molecule has 1 aromatic carbocycles. The maximum Gasteiger partial charge on any atom is 0.231 e. The van der Waals surface area contributed by atoms with E-state index < -0.39 is 18.2 Å². The lowest BCUT2D eigenvalue weighted by Crippen LogP contribution is -2.54. The topological polar surface area (TPSA) is 112 Å². The van der Waals surface area contributed by atoms with E-state index in [1.165, 1.54) is 11.8 Å². The molecule has 29 heavy (non-hydrogen) atoms. The van der Waals surface area contributed by atoms with E-state index in [0.717, 1.165) is 31.4 Å². The number of benzene rings is 1. The van der Waals surface area contributed by atoms with Gasteiger partial charge >= 0.3 is 0 Å². The molecule has 0 spiro atoms. The van der Waals surface area contributed by atoms with Crippen LogP contribution in [0.5, 0.6) is 11.5 Å². The second-order valence-electron chi connectivity index (χ2n) is 8.09. The van der Waals surface area contributed by atoms with Crippen LogP contribution in [0.15, 0.2) is 23.2 Å². The quantitative estimate of drug-likeness (QED) is 0.587. The van der Waals surface area contributed by atoms with E-state index in [-0.39, 0.29) is 36.3 Å². The molecule has 4 aliphatic rings. The van der Waals surface area contributed by atoms with Crippen molar-refractivity contribution < 1.29 is 24.5 Å². The van der Waals surface area contributed by atoms with Crippen LogP contribution >= 0.6 is 11.8 Å². The van der Waals surface area contributed by atoms with Crippen LogP contribution in [-0.4, -0.2) is 57.6 Å². The second kappa shape index (κ2) is 7.70. The fourth-order valence-electron chi connectivity index (χ4n) is 4.58. The Bertz CT molecular complexity index is 828. The van der Waals surface area contributed by atoms with Crippen molar-refractivity contribution in [3.05, 3.63) is 18.2 Å². The van der Waals surface area contributed by atoms with Crippen LogP contribution in [0, 0.1) is 5.92 Å². The molecule has 0 saturated heterocycles. The molecule has 4 N–H and O–H groups in total. The third kappa shape index (κ3) is 3.67. The fourth-order valence-corrected chi connectivity index (χ4v) is 5.96. The number of amidine groups is 1. The van der Waals surface area contributed by atoms with Crippen molar-refractivity contribution >= 4 is 28.5 Å². The molecule has 9 heteroatoms. The number of aliphatic hydroxyl groups is 2. The average molecular weight is 420 g/mol. The van der Waals surface area contributed by atoms with E-state index in [9.17, 15) is 15.0 Å². The van der Waals surface area contributed by atoms with Gasteiger partial charge in [-0.1, -0.05) is 24.6 Å². The van der Waals surface area contributed by atoms with Gasteiger partial charge in [0.05, 0.1) is 18.1 Å².